The van der Waals surface area contributed by atoms with E-state index >= 15 is 4.39 Å². The number of nitrogens with one attached hydrogen (secondary N) is 1. The zero-order valence-corrected chi connectivity index (χ0v) is 26.5. The van der Waals surface area contributed by atoms with E-state index in [-0.39, 0.29) is 5.75 Å². The predicted molar refractivity (Wildman–Crippen MR) is 158 cm³/mol. The largest absolute Gasteiger partial charge is 0.462 e. The van der Waals surface area contributed by atoms with Crippen molar-refractivity contribution in [2.75, 3.05) is 31.0 Å². The number of hydrogen-bond acceptors (Lipinski definition) is 11. The molecule has 3 aromatic rings. The zero-order valence-electron chi connectivity index (χ0n) is 24.8. The minimum atomic E-state index is -4.36. The van der Waals surface area contributed by atoms with E-state index in [4.69, 9.17) is 30.1 Å². The lowest BCUT2D eigenvalue weighted by molar-refractivity contribution is -0.149. The highest BCUT2D eigenvalue weighted by atomic mass is 35.5. The van der Waals surface area contributed by atoms with E-state index in [1.54, 1.807) is 51.1 Å². The summed E-state index contributed by atoms with van der Waals surface area (Å²) in [4.78, 5) is 27.6. The van der Waals surface area contributed by atoms with Crippen LogP contribution in [-0.2, 0) is 23.4 Å². The van der Waals surface area contributed by atoms with Crippen molar-refractivity contribution in [3.63, 3.8) is 0 Å². The van der Waals surface area contributed by atoms with Crippen molar-refractivity contribution in [1.29, 1.82) is 0 Å². The number of hydrogen-bond donors (Lipinski definition) is 2. The van der Waals surface area contributed by atoms with Crippen LogP contribution < -0.4 is 14.5 Å². The van der Waals surface area contributed by atoms with Gasteiger partial charge in [0, 0.05) is 13.6 Å². The van der Waals surface area contributed by atoms with Crippen molar-refractivity contribution in [3.05, 3.63) is 42.5 Å². The van der Waals surface area contributed by atoms with Gasteiger partial charge in [-0.2, -0.15) is 5.09 Å². The summed E-state index contributed by atoms with van der Waals surface area (Å²) in [6.07, 6.45) is -4.27. The van der Waals surface area contributed by atoms with Crippen LogP contribution in [0.5, 0.6) is 5.75 Å². The SMILES string of the molecule is CCN(C)c1nc(C)nc2c1ncn2[C@@H]1O[C@](CCl)(CO[P@@](=O)(N[C@@H](C)C(=O)OC(C)C)Oc2ccccc2)[C@@H](O)[C@H]1F. The van der Waals surface area contributed by atoms with Crippen molar-refractivity contribution in [1.82, 2.24) is 24.6 Å². The van der Waals surface area contributed by atoms with Crippen LogP contribution >= 0.6 is 19.3 Å². The second kappa shape index (κ2) is 13.4. The molecule has 0 aliphatic carbocycles. The second-order valence-electron chi connectivity index (χ2n) is 10.5. The average molecular weight is 643 g/mol. The number of fused-ring (bicyclic) bond motifs is 1. The van der Waals surface area contributed by atoms with Crippen LogP contribution in [0, 0.1) is 6.92 Å². The number of rotatable bonds is 13. The van der Waals surface area contributed by atoms with Gasteiger partial charge >= 0.3 is 13.7 Å². The summed E-state index contributed by atoms with van der Waals surface area (Å²) in [5.74, 6) is 0.0252. The quantitative estimate of drug-likeness (QED) is 0.158. The summed E-state index contributed by atoms with van der Waals surface area (Å²) in [5.41, 5.74) is -1.15. The fourth-order valence-electron chi connectivity index (χ4n) is 4.44. The molecule has 1 aromatic carbocycles. The summed E-state index contributed by atoms with van der Waals surface area (Å²) in [5, 5.41) is 13.6. The Kier molecular flexibility index (Phi) is 10.3. The highest BCUT2D eigenvalue weighted by molar-refractivity contribution is 7.52. The van der Waals surface area contributed by atoms with Gasteiger partial charge in [-0.3, -0.25) is 13.9 Å². The first-order valence-corrected chi connectivity index (χ1v) is 15.9. The number of carbonyl (C=O) groups is 1. The molecular weight excluding hydrogens is 606 g/mol. The van der Waals surface area contributed by atoms with Crippen molar-refractivity contribution >= 4 is 42.3 Å². The number of aliphatic hydroxyl groups is 1. The summed E-state index contributed by atoms with van der Waals surface area (Å²) in [6.45, 7) is 8.41. The van der Waals surface area contributed by atoms with Gasteiger partial charge in [0.2, 0.25) is 0 Å². The van der Waals surface area contributed by atoms with Gasteiger partial charge in [-0.15, -0.1) is 11.6 Å². The molecule has 4 rings (SSSR count). The second-order valence-corrected chi connectivity index (χ2v) is 12.5. The maximum atomic E-state index is 15.8. The minimum Gasteiger partial charge on any atom is -0.462 e. The van der Waals surface area contributed by atoms with Gasteiger partial charge in [-0.05, 0) is 46.8 Å². The normalized spacial score (nSPS) is 24.2. The number of aryl methyl sites for hydroxylation is 1. The van der Waals surface area contributed by atoms with Gasteiger partial charge in [0.25, 0.3) is 0 Å². The molecule has 1 fully saturated rings. The van der Waals surface area contributed by atoms with E-state index in [1.165, 1.54) is 17.8 Å². The Balaban J connectivity index is 1.62. The smallest absolute Gasteiger partial charge is 0.459 e. The van der Waals surface area contributed by atoms with Crippen LogP contribution in [0.1, 0.15) is 39.7 Å². The topological polar surface area (TPSA) is 150 Å². The third kappa shape index (κ3) is 7.11. The molecule has 1 aliphatic heterocycles. The number of para-hydroxylation sites is 1. The lowest BCUT2D eigenvalue weighted by Gasteiger charge is -2.31. The molecule has 2 aromatic heterocycles. The Morgan fingerprint density at radius 1 is 1.30 bits per heavy atom. The molecule has 43 heavy (non-hydrogen) atoms. The summed E-state index contributed by atoms with van der Waals surface area (Å²) in [6, 6.07) is 7.01. The van der Waals surface area contributed by atoms with Crippen molar-refractivity contribution in [2.45, 2.75) is 70.9 Å². The third-order valence-corrected chi connectivity index (χ3v) is 8.90. The van der Waals surface area contributed by atoms with E-state index in [9.17, 15) is 14.5 Å². The van der Waals surface area contributed by atoms with Crippen LogP contribution in [0.2, 0.25) is 0 Å². The highest BCUT2D eigenvalue weighted by Crippen LogP contribution is 2.49. The predicted octanol–water partition coefficient (Wildman–Crippen LogP) is 3.93. The number of nitrogens with zero attached hydrogens (tertiary/aromatic N) is 5. The molecule has 236 valence electrons. The number of imidazole rings is 1. The molecule has 0 saturated carbocycles. The number of carbonyl (C=O) groups excluding carboxylic acids is 1. The minimum absolute atomic E-state index is 0.171. The highest BCUT2D eigenvalue weighted by Gasteiger charge is 2.57. The Morgan fingerprint density at radius 2 is 2.00 bits per heavy atom. The molecule has 13 nitrogen and oxygen atoms in total. The fourth-order valence-corrected chi connectivity index (χ4v) is 6.28. The van der Waals surface area contributed by atoms with Crippen LogP contribution in [0.4, 0.5) is 10.2 Å². The maximum absolute atomic E-state index is 15.8. The molecular formula is C27H37ClFN6O7P. The Bertz CT molecular complexity index is 1470. The van der Waals surface area contributed by atoms with Crippen molar-refractivity contribution in [3.8, 4) is 5.75 Å². The molecule has 2 N–H and O–H groups in total. The van der Waals surface area contributed by atoms with Gasteiger partial charge in [-0.25, -0.2) is 23.9 Å². The standard InChI is InChI=1S/C27H37ClFN6O7P/c1-7-34(6)23-21-24(32-18(5)31-23)35(15-30-21)25-20(29)22(36)27(13-28,41-25)14-39-43(38,42-19-11-9-8-10-12-19)33-17(4)26(37)40-16(2)3/h8-12,15-17,20,22,25,36H,7,13-14H2,1-6H3,(H,33,38)/t17-,20+,22-,25+,27+,43-/m0/s1. The Hall–Kier alpha value is -2.87. The first-order chi connectivity index (χ1) is 20.3. The van der Waals surface area contributed by atoms with Crippen LogP contribution in [0.25, 0.3) is 11.2 Å². The molecule has 0 spiro atoms. The van der Waals surface area contributed by atoms with Crippen LogP contribution in [0.15, 0.2) is 36.7 Å². The first-order valence-electron chi connectivity index (χ1n) is 13.8. The number of alkyl halides is 2. The Labute approximate surface area is 254 Å². The van der Waals surface area contributed by atoms with Gasteiger partial charge in [0.15, 0.2) is 29.4 Å². The van der Waals surface area contributed by atoms with Gasteiger partial charge in [0.05, 0.1) is 24.9 Å². The van der Waals surface area contributed by atoms with Crippen molar-refractivity contribution < 1.29 is 37.4 Å². The number of anilines is 1. The maximum Gasteiger partial charge on any atom is 0.459 e. The number of aromatic nitrogens is 4. The molecule has 6 atom stereocenters. The molecule has 1 saturated heterocycles. The molecule has 0 amide bonds. The number of esters is 1. The van der Waals surface area contributed by atoms with E-state index in [0.29, 0.717) is 29.4 Å². The lowest BCUT2D eigenvalue weighted by atomic mass is 9.99. The molecule has 0 radical (unpaired) electrons. The van der Waals surface area contributed by atoms with Crippen LogP contribution in [0.3, 0.4) is 0 Å². The third-order valence-electron chi connectivity index (χ3n) is 6.82. The van der Waals surface area contributed by atoms with Gasteiger partial charge < -0.3 is 24.0 Å². The van der Waals surface area contributed by atoms with Crippen molar-refractivity contribution in [2.24, 2.45) is 0 Å². The number of ether oxygens (including phenoxy) is 2. The van der Waals surface area contributed by atoms with Gasteiger partial charge in [-0.1, -0.05) is 18.2 Å². The van der Waals surface area contributed by atoms with E-state index < -0.39 is 62.5 Å². The summed E-state index contributed by atoms with van der Waals surface area (Å²) in [7, 11) is -2.52. The van der Waals surface area contributed by atoms with E-state index in [1.807, 2.05) is 18.9 Å². The van der Waals surface area contributed by atoms with Crippen LogP contribution in [-0.4, -0.2) is 86.7 Å². The van der Waals surface area contributed by atoms with E-state index in [2.05, 4.69) is 20.0 Å². The molecule has 1 aliphatic rings. The number of halogens is 2. The number of benzene rings is 1. The average Bonchev–Trinajstić information content (AvgIpc) is 3.49. The zero-order chi connectivity index (χ0) is 31.5. The lowest BCUT2D eigenvalue weighted by Crippen LogP contribution is -2.48. The molecule has 16 heteroatoms. The summed E-state index contributed by atoms with van der Waals surface area (Å²) < 4.78 is 53.8. The molecule has 0 unspecified atom stereocenters. The molecule has 0 bridgehead atoms. The summed E-state index contributed by atoms with van der Waals surface area (Å²) >= 11 is 6.27. The number of aliphatic hydroxyl groups excluding tert-OH is 1. The monoisotopic (exact) mass is 642 g/mol. The molecule has 3 heterocycles. The first kappa shape index (κ1) is 33.0. The van der Waals surface area contributed by atoms with E-state index in [0.717, 1.165) is 0 Å². The Morgan fingerprint density at radius 3 is 2.63 bits per heavy atom. The van der Waals surface area contributed by atoms with Gasteiger partial charge in [0.1, 0.15) is 29.3 Å². The fraction of sp³-hybridized carbons (Fsp3) is 0.556.